The van der Waals surface area contributed by atoms with Crippen molar-refractivity contribution in [2.24, 2.45) is 0 Å². The van der Waals surface area contributed by atoms with Crippen molar-refractivity contribution in [1.29, 1.82) is 0 Å². The maximum absolute atomic E-state index is 6.12. The highest BCUT2D eigenvalue weighted by molar-refractivity contribution is 8.00. The Balaban J connectivity index is 1.62. The van der Waals surface area contributed by atoms with Crippen LogP contribution in [-0.4, -0.2) is 26.9 Å². The molecule has 0 radical (unpaired) electrons. The molecule has 6 nitrogen and oxygen atoms in total. The molecule has 0 saturated carbocycles. The summed E-state index contributed by atoms with van der Waals surface area (Å²) in [4.78, 5) is 4.36. The Bertz CT molecular complexity index is 804. The SMILES string of the molecule is C=CCNc1nnc(SCc2noc(-c3ccccc3Cl)n2)s1. The van der Waals surface area contributed by atoms with Crippen LogP contribution >= 0.6 is 34.7 Å². The van der Waals surface area contributed by atoms with Gasteiger partial charge >= 0.3 is 0 Å². The van der Waals surface area contributed by atoms with Crippen LogP contribution in [0.4, 0.5) is 5.13 Å². The molecule has 2 heterocycles. The zero-order valence-corrected chi connectivity index (χ0v) is 14.3. The molecule has 23 heavy (non-hydrogen) atoms. The van der Waals surface area contributed by atoms with Gasteiger partial charge in [-0.05, 0) is 12.1 Å². The molecule has 0 atom stereocenters. The third-order valence-electron chi connectivity index (χ3n) is 2.70. The summed E-state index contributed by atoms with van der Waals surface area (Å²) in [6.07, 6.45) is 1.77. The summed E-state index contributed by atoms with van der Waals surface area (Å²) >= 11 is 9.10. The molecule has 1 aromatic carbocycles. The highest BCUT2D eigenvalue weighted by atomic mass is 35.5. The fourth-order valence-corrected chi connectivity index (χ4v) is 3.50. The molecule has 0 fully saturated rings. The van der Waals surface area contributed by atoms with Gasteiger partial charge < -0.3 is 9.84 Å². The molecule has 0 aliphatic carbocycles. The summed E-state index contributed by atoms with van der Waals surface area (Å²) in [5.41, 5.74) is 0.727. The maximum atomic E-state index is 6.12. The van der Waals surface area contributed by atoms with Gasteiger partial charge in [0.05, 0.1) is 16.3 Å². The maximum Gasteiger partial charge on any atom is 0.259 e. The molecule has 0 saturated heterocycles. The second-order valence-corrected chi connectivity index (χ2v) is 6.93. The topological polar surface area (TPSA) is 76.7 Å². The van der Waals surface area contributed by atoms with Gasteiger partial charge in [-0.3, -0.25) is 0 Å². The summed E-state index contributed by atoms with van der Waals surface area (Å²) in [7, 11) is 0. The molecule has 3 aromatic rings. The van der Waals surface area contributed by atoms with Gasteiger partial charge in [-0.25, -0.2) is 0 Å². The van der Waals surface area contributed by atoms with Crippen LogP contribution < -0.4 is 5.32 Å². The van der Waals surface area contributed by atoms with Crippen molar-refractivity contribution < 1.29 is 4.52 Å². The van der Waals surface area contributed by atoms with Gasteiger partial charge in [-0.1, -0.05) is 58.1 Å². The van der Waals surface area contributed by atoms with Crippen molar-refractivity contribution in [3.05, 3.63) is 47.8 Å². The average molecular weight is 366 g/mol. The Labute approximate surface area is 146 Å². The average Bonchev–Trinajstić information content (AvgIpc) is 3.21. The first kappa shape index (κ1) is 16.0. The van der Waals surface area contributed by atoms with Gasteiger partial charge in [0.25, 0.3) is 5.89 Å². The number of benzene rings is 1. The van der Waals surface area contributed by atoms with Crippen molar-refractivity contribution in [2.45, 2.75) is 10.1 Å². The zero-order valence-electron chi connectivity index (χ0n) is 11.9. The minimum atomic E-state index is 0.414. The Morgan fingerprint density at radius 3 is 3.04 bits per heavy atom. The zero-order chi connectivity index (χ0) is 16.1. The molecular formula is C14H12ClN5OS2. The predicted molar refractivity (Wildman–Crippen MR) is 92.9 cm³/mol. The van der Waals surface area contributed by atoms with Crippen LogP contribution in [0.3, 0.4) is 0 Å². The molecule has 1 N–H and O–H groups in total. The smallest absolute Gasteiger partial charge is 0.259 e. The molecule has 0 aliphatic rings. The number of nitrogens with zero attached hydrogens (tertiary/aromatic N) is 4. The summed E-state index contributed by atoms with van der Waals surface area (Å²) in [5.74, 6) is 1.54. The number of aromatic nitrogens is 4. The first-order valence-corrected chi connectivity index (χ1v) is 8.83. The number of rotatable bonds is 7. The van der Waals surface area contributed by atoms with Gasteiger partial charge in [-0.2, -0.15) is 4.98 Å². The van der Waals surface area contributed by atoms with Crippen LogP contribution in [-0.2, 0) is 5.75 Å². The van der Waals surface area contributed by atoms with Gasteiger partial charge in [-0.15, -0.1) is 16.8 Å². The number of halogens is 1. The van der Waals surface area contributed by atoms with Crippen LogP contribution in [0.2, 0.25) is 5.02 Å². The Morgan fingerprint density at radius 2 is 2.22 bits per heavy atom. The lowest BCUT2D eigenvalue weighted by Crippen LogP contribution is -1.96. The van der Waals surface area contributed by atoms with E-state index < -0.39 is 0 Å². The second kappa shape index (κ2) is 7.58. The van der Waals surface area contributed by atoms with E-state index in [2.05, 4.69) is 32.2 Å². The third kappa shape index (κ3) is 4.10. The molecule has 0 unspecified atom stereocenters. The lowest BCUT2D eigenvalue weighted by molar-refractivity contribution is 0.425. The van der Waals surface area contributed by atoms with Crippen LogP contribution in [0.25, 0.3) is 11.5 Å². The fourth-order valence-electron chi connectivity index (χ4n) is 1.68. The highest BCUT2D eigenvalue weighted by Crippen LogP contribution is 2.29. The summed E-state index contributed by atoms with van der Waals surface area (Å²) in [5, 5.41) is 16.5. The van der Waals surface area contributed by atoms with E-state index in [1.54, 1.807) is 12.1 Å². The lowest BCUT2D eigenvalue weighted by atomic mass is 10.2. The van der Waals surface area contributed by atoms with Crippen molar-refractivity contribution in [2.75, 3.05) is 11.9 Å². The molecule has 0 spiro atoms. The van der Waals surface area contributed by atoms with Crippen molar-refractivity contribution in [3.8, 4) is 11.5 Å². The molecule has 3 rings (SSSR count). The van der Waals surface area contributed by atoms with E-state index >= 15 is 0 Å². The second-order valence-electron chi connectivity index (χ2n) is 4.33. The molecule has 0 aliphatic heterocycles. The van der Waals surface area contributed by atoms with Crippen molar-refractivity contribution in [3.63, 3.8) is 0 Å². The number of anilines is 1. The minimum Gasteiger partial charge on any atom is -0.357 e. The van der Waals surface area contributed by atoms with Crippen LogP contribution in [0, 0.1) is 0 Å². The van der Waals surface area contributed by atoms with Crippen LogP contribution in [0.15, 0.2) is 45.8 Å². The van der Waals surface area contributed by atoms with Crippen LogP contribution in [0.5, 0.6) is 0 Å². The summed E-state index contributed by atoms with van der Waals surface area (Å²) < 4.78 is 6.10. The lowest BCUT2D eigenvalue weighted by Gasteiger charge is -1.95. The molecule has 9 heteroatoms. The number of nitrogens with one attached hydrogen (secondary N) is 1. The minimum absolute atomic E-state index is 0.414. The summed E-state index contributed by atoms with van der Waals surface area (Å²) in [6.45, 7) is 4.30. The van der Waals surface area contributed by atoms with Crippen molar-refractivity contribution >= 4 is 39.8 Å². The number of hydrogen-bond acceptors (Lipinski definition) is 8. The quantitative estimate of drug-likeness (QED) is 0.498. The Kier molecular flexibility index (Phi) is 5.27. The first-order chi connectivity index (χ1) is 11.3. The van der Waals surface area contributed by atoms with E-state index in [1.807, 2.05) is 18.2 Å². The van der Waals surface area contributed by atoms with E-state index in [0.29, 0.717) is 29.0 Å². The molecule has 118 valence electrons. The number of thioether (sulfide) groups is 1. The van der Waals surface area contributed by atoms with Gasteiger partial charge in [0.15, 0.2) is 10.2 Å². The van der Waals surface area contributed by atoms with Gasteiger partial charge in [0.1, 0.15) is 0 Å². The van der Waals surface area contributed by atoms with Gasteiger partial charge in [0, 0.05) is 6.54 Å². The summed E-state index contributed by atoms with van der Waals surface area (Å²) in [6, 6.07) is 7.36. The fraction of sp³-hybridized carbons (Fsp3) is 0.143. The Morgan fingerprint density at radius 1 is 1.35 bits per heavy atom. The van der Waals surface area contributed by atoms with E-state index in [0.717, 1.165) is 15.0 Å². The van der Waals surface area contributed by atoms with Crippen LogP contribution in [0.1, 0.15) is 5.82 Å². The predicted octanol–water partition coefficient (Wildman–Crippen LogP) is 4.13. The number of hydrogen-bond donors (Lipinski definition) is 1. The van der Waals surface area contributed by atoms with Crippen molar-refractivity contribution in [1.82, 2.24) is 20.3 Å². The third-order valence-corrected chi connectivity index (χ3v) is 5.04. The normalized spacial score (nSPS) is 10.7. The first-order valence-electron chi connectivity index (χ1n) is 6.65. The van der Waals surface area contributed by atoms with E-state index in [1.165, 1.54) is 23.1 Å². The van der Waals surface area contributed by atoms with E-state index in [4.69, 9.17) is 16.1 Å². The molecule has 0 bridgehead atoms. The molecule has 0 amide bonds. The monoisotopic (exact) mass is 365 g/mol. The van der Waals surface area contributed by atoms with Gasteiger partial charge in [0.2, 0.25) is 5.13 Å². The van der Waals surface area contributed by atoms with E-state index in [9.17, 15) is 0 Å². The van der Waals surface area contributed by atoms with E-state index in [-0.39, 0.29) is 0 Å². The highest BCUT2D eigenvalue weighted by Gasteiger charge is 2.13. The Hall–Kier alpha value is -1.90. The molecule has 2 aromatic heterocycles. The molecular weight excluding hydrogens is 354 g/mol. The standard InChI is InChI=1S/C14H12ClN5OS2/c1-2-7-16-13-18-19-14(23-13)22-8-11-17-12(21-20-11)9-5-3-4-6-10(9)15/h2-6H,1,7-8H2,(H,16,18). The largest absolute Gasteiger partial charge is 0.357 e.